The molecular formula is C27H30N6O. The molecule has 0 unspecified atom stereocenters. The molecular weight excluding hydrogens is 424 g/mol. The van der Waals surface area contributed by atoms with Crippen molar-refractivity contribution in [3.05, 3.63) is 95.6 Å². The van der Waals surface area contributed by atoms with Gasteiger partial charge in [0, 0.05) is 22.8 Å². The Labute approximate surface area is 200 Å². The normalized spacial score (nSPS) is 11.0. The predicted octanol–water partition coefficient (Wildman–Crippen LogP) is 4.84. The Bertz CT molecular complexity index is 1070. The van der Waals surface area contributed by atoms with E-state index in [1.807, 2.05) is 110 Å². The number of pyridine rings is 4. The molecule has 174 valence electrons. The monoisotopic (exact) mass is 454 g/mol. The van der Waals surface area contributed by atoms with Crippen molar-refractivity contribution in [2.75, 3.05) is 22.9 Å². The molecule has 0 saturated carbocycles. The third-order valence-electron chi connectivity index (χ3n) is 5.39. The molecule has 7 heteroatoms. The van der Waals surface area contributed by atoms with Crippen molar-refractivity contribution in [3.63, 3.8) is 0 Å². The van der Waals surface area contributed by atoms with Gasteiger partial charge in [-0.15, -0.1) is 0 Å². The van der Waals surface area contributed by atoms with E-state index in [-0.39, 0.29) is 0 Å². The number of anilines is 4. The molecule has 0 saturated heterocycles. The van der Waals surface area contributed by atoms with Crippen molar-refractivity contribution in [2.24, 2.45) is 0 Å². The highest BCUT2D eigenvalue weighted by molar-refractivity contribution is 5.58. The molecule has 7 nitrogen and oxygen atoms in total. The van der Waals surface area contributed by atoms with Crippen LogP contribution in [0.4, 0.5) is 23.3 Å². The van der Waals surface area contributed by atoms with Crippen LogP contribution >= 0.6 is 0 Å². The van der Waals surface area contributed by atoms with E-state index in [9.17, 15) is 5.11 Å². The highest BCUT2D eigenvalue weighted by atomic mass is 16.3. The Balaban J connectivity index is 1.66. The third kappa shape index (κ3) is 5.74. The summed E-state index contributed by atoms with van der Waals surface area (Å²) in [4.78, 5) is 22.7. The van der Waals surface area contributed by atoms with E-state index in [1.165, 1.54) is 0 Å². The van der Waals surface area contributed by atoms with Crippen LogP contribution in [0.25, 0.3) is 0 Å². The summed E-state index contributed by atoms with van der Waals surface area (Å²) in [5.41, 5.74) is 3.61. The second-order valence-corrected chi connectivity index (χ2v) is 8.42. The highest BCUT2D eigenvalue weighted by Crippen LogP contribution is 2.26. The van der Waals surface area contributed by atoms with Crippen molar-refractivity contribution in [2.45, 2.75) is 33.8 Å². The second-order valence-electron chi connectivity index (χ2n) is 8.42. The van der Waals surface area contributed by atoms with Gasteiger partial charge in [-0.25, -0.2) is 19.9 Å². The minimum atomic E-state index is -0.741. The minimum Gasteiger partial charge on any atom is -0.389 e. The maximum Gasteiger partial charge on any atom is 0.134 e. The average molecular weight is 455 g/mol. The van der Waals surface area contributed by atoms with Gasteiger partial charge in [-0.2, -0.15) is 0 Å². The van der Waals surface area contributed by atoms with E-state index in [4.69, 9.17) is 0 Å². The Morgan fingerprint density at radius 3 is 1.03 bits per heavy atom. The first-order valence-electron chi connectivity index (χ1n) is 11.4. The third-order valence-corrected chi connectivity index (χ3v) is 5.39. The molecule has 0 spiro atoms. The van der Waals surface area contributed by atoms with Gasteiger partial charge in [-0.05, 0) is 76.2 Å². The molecule has 0 atom stereocenters. The maximum atomic E-state index is 11.3. The lowest BCUT2D eigenvalue weighted by molar-refractivity contribution is 0.190. The van der Waals surface area contributed by atoms with E-state index in [0.717, 1.165) is 46.0 Å². The van der Waals surface area contributed by atoms with Crippen LogP contribution < -0.4 is 9.80 Å². The topological polar surface area (TPSA) is 78.3 Å². The van der Waals surface area contributed by atoms with Gasteiger partial charge in [0.2, 0.25) is 0 Å². The summed E-state index contributed by atoms with van der Waals surface area (Å²) in [5.74, 6) is 2.97. The molecule has 0 fully saturated rings. The van der Waals surface area contributed by atoms with Crippen LogP contribution in [-0.2, 0) is 0 Å². The fourth-order valence-corrected chi connectivity index (χ4v) is 3.80. The number of aromatic nitrogens is 4. The van der Waals surface area contributed by atoms with Crippen molar-refractivity contribution < 1.29 is 5.11 Å². The van der Waals surface area contributed by atoms with Crippen LogP contribution in [0, 0.1) is 27.7 Å². The largest absolute Gasteiger partial charge is 0.389 e. The van der Waals surface area contributed by atoms with E-state index in [0.29, 0.717) is 13.1 Å². The first-order chi connectivity index (χ1) is 16.4. The maximum absolute atomic E-state index is 11.3. The summed E-state index contributed by atoms with van der Waals surface area (Å²) < 4.78 is 0. The Hall–Kier alpha value is -3.84. The summed E-state index contributed by atoms with van der Waals surface area (Å²) >= 11 is 0. The lowest BCUT2D eigenvalue weighted by atomic mass is 10.2. The Morgan fingerprint density at radius 1 is 0.529 bits per heavy atom. The molecule has 4 rings (SSSR count). The van der Waals surface area contributed by atoms with Gasteiger partial charge in [-0.1, -0.05) is 24.3 Å². The second kappa shape index (κ2) is 10.4. The minimum absolute atomic E-state index is 0.307. The fourth-order valence-electron chi connectivity index (χ4n) is 3.80. The molecule has 0 aliphatic rings. The van der Waals surface area contributed by atoms with Crippen molar-refractivity contribution in [1.29, 1.82) is 0 Å². The van der Waals surface area contributed by atoms with Gasteiger partial charge in [0.1, 0.15) is 23.3 Å². The number of hydrogen-bond donors (Lipinski definition) is 1. The van der Waals surface area contributed by atoms with E-state index in [2.05, 4.69) is 19.9 Å². The van der Waals surface area contributed by atoms with Crippen LogP contribution in [-0.4, -0.2) is 44.2 Å². The average Bonchev–Trinajstić information content (AvgIpc) is 2.81. The molecule has 0 bridgehead atoms. The van der Waals surface area contributed by atoms with Gasteiger partial charge < -0.3 is 14.9 Å². The zero-order valence-electron chi connectivity index (χ0n) is 20.1. The SMILES string of the molecule is Cc1cccc(N(CC(O)CN(c2cccc(C)n2)c2cccc(C)n2)c2cccc(C)n2)n1. The molecule has 1 N–H and O–H groups in total. The van der Waals surface area contributed by atoms with Crippen LogP contribution in [0.15, 0.2) is 72.8 Å². The van der Waals surface area contributed by atoms with Gasteiger partial charge in [0.15, 0.2) is 0 Å². The lowest BCUT2D eigenvalue weighted by Crippen LogP contribution is -2.38. The van der Waals surface area contributed by atoms with Crippen molar-refractivity contribution in [1.82, 2.24) is 19.9 Å². The van der Waals surface area contributed by atoms with E-state index in [1.54, 1.807) is 0 Å². The summed E-state index contributed by atoms with van der Waals surface area (Å²) in [6, 6.07) is 23.4. The molecule has 34 heavy (non-hydrogen) atoms. The number of nitrogens with zero attached hydrogens (tertiary/aromatic N) is 6. The van der Waals surface area contributed by atoms with E-state index >= 15 is 0 Å². The summed E-state index contributed by atoms with van der Waals surface area (Å²) in [5, 5.41) is 11.3. The first kappa shape index (κ1) is 23.3. The molecule has 0 amide bonds. The van der Waals surface area contributed by atoms with Crippen LogP contribution in [0.3, 0.4) is 0 Å². The highest BCUT2D eigenvalue weighted by Gasteiger charge is 2.22. The lowest BCUT2D eigenvalue weighted by Gasteiger charge is -2.30. The predicted molar refractivity (Wildman–Crippen MR) is 136 cm³/mol. The molecule has 0 aliphatic heterocycles. The van der Waals surface area contributed by atoms with Gasteiger partial charge in [-0.3, -0.25) is 0 Å². The quantitative estimate of drug-likeness (QED) is 0.408. The summed E-state index contributed by atoms with van der Waals surface area (Å²) in [6.07, 6.45) is -0.741. The Morgan fingerprint density at radius 2 is 0.794 bits per heavy atom. The van der Waals surface area contributed by atoms with Crippen molar-refractivity contribution in [3.8, 4) is 0 Å². The summed E-state index contributed by atoms with van der Waals surface area (Å²) in [7, 11) is 0. The molecule has 4 aromatic rings. The molecule has 0 radical (unpaired) electrons. The molecule has 0 aromatic carbocycles. The molecule has 4 aromatic heterocycles. The fraction of sp³-hybridized carbons (Fsp3) is 0.259. The standard InChI is InChI=1S/C27H30N6O/c1-19-9-5-13-24(28-19)32(25-14-6-10-20(2)29-25)17-23(34)18-33(26-15-7-11-21(3)30-26)27-16-8-12-22(4)31-27/h5-16,23,34H,17-18H2,1-4H3. The number of hydrogen-bond acceptors (Lipinski definition) is 7. The van der Waals surface area contributed by atoms with E-state index < -0.39 is 6.10 Å². The number of aliphatic hydroxyl groups is 1. The zero-order chi connectivity index (χ0) is 24.1. The summed E-state index contributed by atoms with van der Waals surface area (Å²) in [6.45, 7) is 8.43. The van der Waals surface area contributed by atoms with Gasteiger partial charge >= 0.3 is 0 Å². The zero-order valence-corrected chi connectivity index (χ0v) is 20.1. The smallest absolute Gasteiger partial charge is 0.134 e. The Kier molecular flexibility index (Phi) is 7.13. The van der Waals surface area contributed by atoms with Gasteiger partial charge in [0.05, 0.1) is 19.2 Å². The molecule has 0 aliphatic carbocycles. The van der Waals surface area contributed by atoms with Crippen LogP contribution in [0.5, 0.6) is 0 Å². The number of rotatable bonds is 8. The first-order valence-corrected chi connectivity index (χ1v) is 11.4. The molecule has 4 heterocycles. The van der Waals surface area contributed by atoms with Gasteiger partial charge in [0.25, 0.3) is 0 Å². The van der Waals surface area contributed by atoms with Crippen LogP contribution in [0.2, 0.25) is 0 Å². The van der Waals surface area contributed by atoms with Crippen molar-refractivity contribution >= 4 is 23.3 Å². The number of aliphatic hydroxyl groups excluding tert-OH is 1. The number of aryl methyl sites for hydroxylation is 4. The van der Waals surface area contributed by atoms with Crippen LogP contribution in [0.1, 0.15) is 22.8 Å².